The topological polar surface area (TPSA) is 107 Å². The van der Waals surface area contributed by atoms with Gasteiger partial charge in [-0.3, -0.25) is 19.7 Å². The maximum Gasteiger partial charge on any atom is 0.338 e. The zero-order valence-electron chi connectivity index (χ0n) is 13.1. The number of nitrogens with zero attached hydrogens (tertiary/aromatic N) is 2. The van der Waals surface area contributed by atoms with Gasteiger partial charge in [0.25, 0.3) is 17.5 Å². The fraction of sp³-hybridized carbons (Fsp3) is 0.118. The van der Waals surface area contributed by atoms with Gasteiger partial charge in [-0.05, 0) is 31.2 Å². The minimum atomic E-state index is -0.676. The normalized spacial score (nSPS) is 12.9. The first kappa shape index (κ1) is 16.3. The Labute approximate surface area is 141 Å². The lowest BCUT2D eigenvalue weighted by atomic mass is 10.1. The Morgan fingerprint density at radius 1 is 1.12 bits per heavy atom. The smallest absolute Gasteiger partial charge is 0.338 e. The van der Waals surface area contributed by atoms with Crippen LogP contribution in [0.4, 0.5) is 11.4 Å². The van der Waals surface area contributed by atoms with E-state index in [0.717, 1.165) is 11.0 Å². The molecule has 25 heavy (non-hydrogen) atoms. The van der Waals surface area contributed by atoms with Gasteiger partial charge in [0.2, 0.25) is 0 Å². The number of nitro groups is 1. The fourth-order valence-corrected chi connectivity index (χ4v) is 2.56. The summed E-state index contributed by atoms with van der Waals surface area (Å²) in [6.45, 7) is 1.86. The molecule has 126 valence electrons. The van der Waals surface area contributed by atoms with Gasteiger partial charge in [-0.15, -0.1) is 0 Å². The number of anilines is 1. The molecule has 0 bridgehead atoms. The molecular formula is C17H12N2O6. The van der Waals surface area contributed by atoms with Crippen molar-refractivity contribution in [1.82, 2.24) is 0 Å². The predicted molar refractivity (Wildman–Crippen MR) is 86.6 cm³/mol. The number of benzene rings is 2. The lowest BCUT2D eigenvalue weighted by molar-refractivity contribution is -0.384. The molecule has 0 saturated heterocycles. The van der Waals surface area contributed by atoms with Gasteiger partial charge in [-0.25, -0.2) is 9.69 Å². The quantitative estimate of drug-likeness (QED) is 0.366. The Hall–Kier alpha value is -3.55. The van der Waals surface area contributed by atoms with E-state index in [2.05, 4.69) is 0 Å². The molecule has 0 fully saturated rings. The van der Waals surface area contributed by atoms with Crippen LogP contribution in [0.25, 0.3) is 0 Å². The van der Waals surface area contributed by atoms with Crippen LogP contribution in [-0.2, 0) is 4.74 Å². The minimum absolute atomic E-state index is 0.0410. The summed E-state index contributed by atoms with van der Waals surface area (Å²) in [5.41, 5.74) is 0.154. The van der Waals surface area contributed by atoms with Gasteiger partial charge in [0, 0.05) is 12.1 Å². The van der Waals surface area contributed by atoms with Gasteiger partial charge >= 0.3 is 5.97 Å². The number of hydrogen-bond donors (Lipinski definition) is 0. The molecule has 0 radical (unpaired) electrons. The molecule has 8 heteroatoms. The van der Waals surface area contributed by atoms with Gasteiger partial charge in [-0.1, -0.05) is 6.07 Å². The molecule has 0 atom stereocenters. The van der Waals surface area contributed by atoms with E-state index in [4.69, 9.17) is 4.74 Å². The summed E-state index contributed by atoms with van der Waals surface area (Å²) in [7, 11) is 0. The molecule has 0 N–H and O–H groups in total. The highest BCUT2D eigenvalue weighted by molar-refractivity contribution is 6.34. The predicted octanol–water partition coefficient (Wildman–Crippen LogP) is 2.57. The van der Waals surface area contributed by atoms with Crippen molar-refractivity contribution in [2.24, 2.45) is 0 Å². The van der Waals surface area contributed by atoms with Crippen molar-refractivity contribution in [3.8, 4) is 0 Å². The highest BCUT2D eigenvalue weighted by Gasteiger charge is 2.38. The number of rotatable bonds is 4. The van der Waals surface area contributed by atoms with Crippen molar-refractivity contribution in [1.29, 1.82) is 0 Å². The molecule has 2 aromatic carbocycles. The lowest BCUT2D eigenvalue weighted by Gasteiger charge is -2.14. The number of hydrogen-bond acceptors (Lipinski definition) is 6. The summed E-state index contributed by atoms with van der Waals surface area (Å²) in [6, 6.07) is 9.39. The van der Waals surface area contributed by atoms with E-state index in [1.807, 2.05) is 0 Å². The van der Waals surface area contributed by atoms with E-state index in [-0.39, 0.29) is 34.7 Å². The third-order valence-corrected chi connectivity index (χ3v) is 3.70. The highest BCUT2D eigenvalue weighted by atomic mass is 16.6. The van der Waals surface area contributed by atoms with Crippen molar-refractivity contribution in [2.75, 3.05) is 11.5 Å². The van der Waals surface area contributed by atoms with Crippen molar-refractivity contribution in [3.05, 3.63) is 69.3 Å². The molecule has 1 aliphatic heterocycles. The molecule has 1 aliphatic rings. The van der Waals surface area contributed by atoms with Crippen molar-refractivity contribution >= 4 is 29.2 Å². The van der Waals surface area contributed by atoms with E-state index in [9.17, 15) is 24.5 Å². The number of carbonyl (C=O) groups is 3. The molecule has 1 heterocycles. The van der Waals surface area contributed by atoms with E-state index in [0.29, 0.717) is 0 Å². The number of imide groups is 1. The maximum atomic E-state index is 12.6. The van der Waals surface area contributed by atoms with E-state index in [1.54, 1.807) is 6.92 Å². The van der Waals surface area contributed by atoms with Crippen LogP contribution in [0.1, 0.15) is 38.0 Å². The molecule has 0 spiro atoms. The molecule has 0 saturated carbocycles. The first-order valence-electron chi connectivity index (χ1n) is 7.38. The molecule has 0 aromatic heterocycles. The Morgan fingerprint density at radius 2 is 1.84 bits per heavy atom. The summed E-state index contributed by atoms with van der Waals surface area (Å²) in [6.07, 6.45) is 0. The van der Waals surface area contributed by atoms with Crippen LogP contribution in [0.3, 0.4) is 0 Å². The standard InChI is InChI=1S/C17H12N2O6/c1-2-25-17(22)10-4-3-5-11(8-10)18-15(20)13-7-6-12(19(23)24)9-14(13)16(18)21/h3-9H,2H2,1H3. The third-order valence-electron chi connectivity index (χ3n) is 3.70. The second-order valence-electron chi connectivity index (χ2n) is 5.20. The largest absolute Gasteiger partial charge is 0.462 e. The van der Waals surface area contributed by atoms with Gasteiger partial charge in [0.1, 0.15) is 0 Å². The average molecular weight is 340 g/mol. The Morgan fingerprint density at radius 3 is 2.52 bits per heavy atom. The van der Waals surface area contributed by atoms with Crippen LogP contribution in [0.15, 0.2) is 42.5 Å². The van der Waals surface area contributed by atoms with Gasteiger partial charge in [0.15, 0.2) is 0 Å². The van der Waals surface area contributed by atoms with Crippen LogP contribution in [0.2, 0.25) is 0 Å². The summed E-state index contributed by atoms with van der Waals surface area (Å²) >= 11 is 0. The first-order chi connectivity index (χ1) is 11.9. The van der Waals surface area contributed by atoms with E-state index < -0.39 is 22.7 Å². The summed E-state index contributed by atoms with van der Waals surface area (Å²) < 4.78 is 4.90. The number of fused-ring (bicyclic) bond motifs is 1. The third kappa shape index (κ3) is 2.74. The van der Waals surface area contributed by atoms with Gasteiger partial charge in [-0.2, -0.15) is 0 Å². The molecule has 2 aromatic rings. The van der Waals surface area contributed by atoms with Gasteiger partial charge < -0.3 is 4.74 Å². The summed E-state index contributed by atoms with van der Waals surface area (Å²) in [4.78, 5) is 48.0. The van der Waals surface area contributed by atoms with E-state index in [1.165, 1.54) is 36.4 Å². The number of esters is 1. The minimum Gasteiger partial charge on any atom is -0.462 e. The number of carbonyl (C=O) groups excluding carboxylic acids is 3. The lowest BCUT2D eigenvalue weighted by Crippen LogP contribution is -2.29. The second-order valence-corrected chi connectivity index (χ2v) is 5.20. The molecule has 8 nitrogen and oxygen atoms in total. The number of ether oxygens (including phenoxy) is 1. The molecule has 2 amide bonds. The Kier molecular flexibility index (Phi) is 4.02. The van der Waals surface area contributed by atoms with Crippen LogP contribution in [0, 0.1) is 10.1 Å². The van der Waals surface area contributed by atoms with Crippen molar-refractivity contribution in [2.45, 2.75) is 6.92 Å². The van der Waals surface area contributed by atoms with Gasteiger partial charge in [0.05, 0.1) is 33.9 Å². The van der Waals surface area contributed by atoms with E-state index >= 15 is 0 Å². The monoisotopic (exact) mass is 340 g/mol. The average Bonchev–Trinajstić information content (AvgIpc) is 2.85. The number of non-ortho nitro benzene ring substituents is 1. The molecule has 0 unspecified atom stereocenters. The highest BCUT2D eigenvalue weighted by Crippen LogP contribution is 2.31. The zero-order valence-corrected chi connectivity index (χ0v) is 13.1. The van der Waals surface area contributed by atoms with Crippen LogP contribution in [-0.4, -0.2) is 29.3 Å². The summed E-state index contributed by atoms with van der Waals surface area (Å²) in [5.74, 6) is -1.85. The Balaban J connectivity index is 2.01. The molecule has 0 aliphatic carbocycles. The molecule has 3 rings (SSSR count). The van der Waals surface area contributed by atoms with Crippen LogP contribution >= 0.6 is 0 Å². The fourth-order valence-electron chi connectivity index (χ4n) is 2.56. The van der Waals surface area contributed by atoms with Crippen LogP contribution < -0.4 is 4.90 Å². The summed E-state index contributed by atoms with van der Waals surface area (Å²) in [5, 5.41) is 10.9. The van der Waals surface area contributed by atoms with Crippen molar-refractivity contribution < 1.29 is 24.0 Å². The SMILES string of the molecule is CCOC(=O)c1cccc(N2C(=O)c3ccc([N+](=O)[O-])cc3C2=O)c1. The van der Waals surface area contributed by atoms with Crippen LogP contribution in [0.5, 0.6) is 0 Å². The maximum absolute atomic E-state index is 12.6. The zero-order chi connectivity index (χ0) is 18.1. The number of nitro benzene ring substituents is 1. The van der Waals surface area contributed by atoms with Crippen molar-refractivity contribution in [3.63, 3.8) is 0 Å². The number of amides is 2. The second kappa shape index (κ2) is 6.16. The Bertz CT molecular complexity index is 921. The molecular weight excluding hydrogens is 328 g/mol. The first-order valence-corrected chi connectivity index (χ1v) is 7.38.